The Bertz CT molecular complexity index is 287. The lowest BCUT2D eigenvalue weighted by Crippen LogP contribution is -1.93. The zero-order chi connectivity index (χ0) is 7.61. The predicted molar refractivity (Wildman–Crippen MR) is 38.1 cm³/mol. The summed E-state index contributed by atoms with van der Waals surface area (Å²) in [6.07, 6.45) is 0. The molecule has 1 rings (SSSR count). The fraction of sp³-hybridized carbons (Fsp3) is 0.200. The number of halogens is 1. The smallest absolute Gasteiger partial charge is 0.194 e. The molecule has 0 bridgehead atoms. The Morgan fingerprint density at radius 1 is 1.60 bits per heavy atom. The van der Waals surface area contributed by atoms with Gasteiger partial charge in [0, 0.05) is 0 Å². The van der Waals surface area contributed by atoms with Crippen molar-refractivity contribution in [3.63, 3.8) is 0 Å². The van der Waals surface area contributed by atoms with Crippen molar-refractivity contribution in [2.24, 2.45) is 0 Å². The molecular weight excluding hydrogens is 175 g/mol. The number of thiophene rings is 1. The molecule has 1 aromatic heterocycles. The molecule has 0 saturated carbocycles. The molecule has 5 heteroatoms. The van der Waals surface area contributed by atoms with Crippen LogP contribution in [0.2, 0.25) is 0 Å². The third kappa shape index (κ3) is 2.45. The molecule has 0 saturated heterocycles. The van der Waals surface area contributed by atoms with Gasteiger partial charge < -0.3 is 0 Å². The van der Waals surface area contributed by atoms with E-state index in [1.54, 1.807) is 16.8 Å². The van der Waals surface area contributed by atoms with Crippen molar-refractivity contribution < 1.29 is 12.3 Å². The molecule has 56 valence electrons. The second-order valence-corrected chi connectivity index (χ2v) is 3.96. The van der Waals surface area contributed by atoms with Crippen LogP contribution >= 0.6 is 11.3 Å². The number of rotatable bonds is 2. The van der Waals surface area contributed by atoms with Crippen molar-refractivity contribution in [2.45, 2.75) is 5.75 Å². The molecule has 0 N–H and O–H groups in total. The Kier molecular flexibility index (Phi) is 2.05. The van der Waals surface area contributed by atoms with Gasteiger partial charge in [0.1, 0.15) is 5.75 Å². The van der Waals surface area contributed by atoms with E-state index >= 15 is 0 Å². The maximum absolute atomic E-state index is 11.9. The van der Waals surface area contributed by atoms with E-state index in [2.05, 4.69) is 0 Å². The molecule has 0 aromatic carbocycles. The Hall–Kier alpha value is -0.420. The first-order valence-electron chi connectivity index (χ1n) is 2.51. The number of hydrogen-bond donors (Lipinski definition) is 0. The first kappa shape index (κ1) is 7.68. The Balaban J connectivity index is 2.75. The summed E-state index contributed by atoms with van der Waals surface area (Å²) in [6, 6.07) is 1.59. The SMILES string of the molecule is O=S(=O)(F)Cc1ccsc1. The van der Waals surface area contributed by atoms with Crippen LogP contribution in [-0.2, 0) is 16.0 Å². The van der Waals surface area contributed by atoms with Crippen LogP contribution in [0.5, 0.6) is 0 Å². The van der Waals surface area contributed by atoms with Crippen molar-refractivity contribution >= 4 is 21.6 Å². The standard InChI is InChI=1S/C5H5FO2S2/c6-10(7,8)4-5-1-2-9-3-5/h1-3H,4H2. The van der Waals surface area contributed by atoms with E-state index in [0.717, 1.165) is 0 Å². The Morgan fingerprint density at radius 3 is 2.70 bits per heavy atom. The van der Waals surface area contributed by atoms with E-state index in [0.29, 0.717) is 5.56 Å². The van der Waals surface area contributed by atoms with Crippen molar-refractivity contribution in [1.29, 1.82) is 0 Å². The van der Waals surface area contributed by atoms with Gasteiger partial charge in [0.15, 0.2) is 0 Å². The summed E-state index contributed by atoms with van der Waals surface area (Å²) < 4.78 is 32.0. The minimum absolute atomic E-state index is 0.503. The average molecular weight is 180 g/mol. The minimum Gasteiger partial charge on any atom is -0.194 e. The molecule has 2 nitrogen and oxygen atoms in total. The zero-order valence-electron chi connectivity index (χ0n) is 4.95. The summed E-state index contributed by atoms with van der Waals surface area (Å²) in [5.41, 5.74) is 0.507. The zero-order valence-corrected chi connectivity index (χ0v) is 6.58. The third-order valence-corrected chi connectivity index (χ3v) is 2.33. The Morgan fingerprint density at radius 2 is 2.30 bits per heavy atom. The van der Waals surface area contributed by atoms with Crippen molar-refractivity contribution in [1.82, 2.24) is 0 Å². The molecule has 1 heterocycles. The maximum Gasteiger partial charge on any atom is 0.306 e. The van der Waals surface area contributed by atoms with Crippen LogP contribution in [0.3, 0.4) is 0 Å². The van der Waals surface area contributed by atoms with Gasteiger partial charge in [-0.25, -0.2) is 0 Å². The second kappa shape index (κ2) is 2.67. The van der Waals surface area contributed by atoms with Crippen molar-refractivity contribution in [3.05, 3.63) is 22.4 Å². The molecule has 0 aliphatic carbocycles. The van der Waals surface area contributed by atoms with Gasteiger partial charge in [-0.3, -0.25) is 0 Å². The topological polar surface area (TPSA) is 34.1 Å². The van der Waals surface area contributed by atoms with Gasteiger partial charge in [0.05, 0.1) is 0 Å². The van der Waals surface area contributed by atoms with Crippen LogP contribution in [0.4, 0.5) is 3.89 Å². The van der Waals surface area contributed by atoms with E-state index < -0.39 is 16.0 Å². The highest BCUT2D eigenvalue weighted by atomic mass is 32.3. The Labute approximate surface area is 62.5 Å². The van der Waals surface area contributed by atoms with Crippen LogP contribution in [-0.4, -0.2) is 8.42 Å². The summed E-state index contributed by atoms with van der Waals surface area (Å²) in [6.45, 7) is 0. The maximum atomic E-state index is 11.9. The molecule has 0 aliphatic rings. The van der Waals surface area contributed by atoms with Gasteiger partial charge in [-0.15, -0.1) is 3.89 Å². The molecule has 0 aliphatic heterocycles. The van der Waals surface area contributed by atoms with Crippen LogP contribution in [0, 0.1) is 0 Å². The summed E-state index contributed by atoms with van der Waals surface area (Å²) in [4.78, 5) is 0. The molecule has 1 aromatic rings. The van der Waals surface area contributed by atoms with Crippen LogP contribution < -0.4 is 0 Å². The first-order chi connectivity index (χ1) is 4.58. The molecule has 0 radical (unpaired) electrons. The molecule has 0 fully saturated rings. The lowest BCUT2D eigenvalue weighted by Gasteiger charge is -1.87. The van der Waals surface area contributed by atoms with Crippen LogP contribution in [0.25, 0.3) is 0 Å². The fourth-order valence-electron chi connectivity index (χ4n) is 0.574. The van der Waals surface area contributed by atoms with E-state index in [-0.39, 0.29) is 0 Å². The van der Waals surface area contributed by atoms with E-state index in [4.69, 9.17) is 0 Å². The van der Waals surface area contributed by atoms with E-state index in [1.165, 1.54) is 11.3 Å². The van der Waals surface area contributed by atoms with Gasteiger partial charge in [-0.2, -0.15) is 19.8 Å². The molecule has 0 unspecified atom stereocenters. The van der Waals surface area contributed by atoms with Crippen molar-refractivity contribution in [2.75, 3.05) is 0 Å². The normalized spacial score (nSPS) is 11.7. The quantitative estimate of drug-likeness (QED) is 0.647. The van der Waals surface area contributed by atoms with Gasteiger partial charge in [0.25, 0.3) is 0 Å². The van der Waals surface area contributed by atoms with Gasteiger partial charge >= 0.3 is 10.2 Å². The van der Waals surface area contributed by atoms with E-state index in [9.17, 15) is 12.3 Å². The fourth-order valence-corrected chi connectivity index (χ4v) is 1.93. The van der Waals surface area contributed by atoms with Crippen LogP contribution in [0.1, 0.15) is 5.56 Å². The highest BCUT2D eigenvalue weighted by molar-refractivity contribution is 7.85. The highest BCUT2D eigenvalue weighted by Crippen LogP contribution is 2.10. The summed E-state index contributed by atoms with van der Waals surface area (Å²) >= 11 is 1.35. The number of hydrogen-bond acceptors (Lipinski definition) is 3. The lowest BCUT2D eigenvalue weighted by atomic mass is 10.4. The predicted octanol–water partition coefficient (Wildman–Crippen LogP) is 1.55. The van der Waals surface area contributed by atoms with Gasteiger partial charge in [-0.1, -0.05) is 0 Å². The minimum atomic E-state index is -4.34. The molecular formula is C5H5FO2S2. The average Bonchev–Trinajstić information content (AvgIpc) is 2.12. The monoisotopic (exact) mass is 180 g/mol. The lowest BCUT2D eigenvalue weighted by molar-refractivity contribution is 0.551. The van der Waals surface area contributed by atoms with E-state index in [1.807, 2.05) is 0 Å². The largest absolute Gasteiger partial charge is 0.306 e. The first-order valence-corrected chi connectivity index (χ1v) is 5.01. The third-order valence-electron chi connectivity index (χ3n) is 0.919. The summed E-state index contributed by atoms with van der Waals surface area (Å²) in [7, 11) is -4.34. The molecule has 0 spiro atoms. The van der Waals surface area contributed by atoms with Gasteiger partial charge in [-0.05, 0) is 22.4 Å². The molecule has 10 heavy (non-hydrogen) atoms. The van der Waals surface area contributed by atoms with Crippen LogP contribution in [0.15, 0.2) is 16.8 Å². The second-order valence-electron chi connectivity index (χ2n) is 1.81. The van der Waals surface area contributed by atoms with Crippen molar-refractivity contribution in [3.8, 4) is 0 Å². The summed E-state index contributed by atoms with van der Waals surface area (Å²) in [5, 5.41) is 3.32. The highest BCUT2D eigenvalue weighted by Gasteiger charge is 2.07. The summed E-state index contributed by atoms with van der Waals surface area (Å²) in [5.74, 6) is -0.503. The molecule has 0 amide bonds. The molecule has 0 atom stereocenters. The van der Waals surface area contributed by atoms with Gasteiger partial charge in [0.2, 0.25) is 0 Å².